The fourth-order valence-electron chi connectivity index (χ4n) is 10.8. The zero-order chi connectivity index (χ0) is 42.9. The summed E-state index contributed by atoms with van der Waals surface area (Å²) in [4.78, 5) is 0. The number of rotatable bonds is 7. The van der Waals surface area contributed by atoms with Crippen LogP contribution in [0.2, 0.25) is 0 Å². The van der Waals surface area contributed by atoms with Gasteiger partial charge in [0.1, 0.15) is 17.2 Å². The van der Waals surface area contributed by atoms with Gasteiger partial charge in [0, 0.05) is 32.9 Å². The molecular formula is C60H40BNO2Si. The van der Waals surface area contributed by atoms with Gasteiger partial charge in [-0.2, -0.15) is 0 Å². The summed E-state index contributed by atoms with van der Waals surface area (Å²) in [5, 5.41) is 7.88. The van der Waals surface area contributed by atoms with E-state index in [1.54, 1.807) is 0 Å². The summed E-state index contributed by atoms with van der Waals surface area (Å²) in [5.41, 5.74) is 12.4. The quantitative estimate of drug-likeness (QED) is 0.118. The van der Waals surface area contributed by atoms with E-state index < -0.39 is 8.07 Å². The van der Waals surface area contributed by atoms with Crippen LogP contribution in [0.25, 0.3) is 60.9 Å². The molecule has 0 saturated carbocycles. The second kappa shape index (κ2) is 15.0. The lowest BCUT2D eigenvalue weighted by Gasteiger charge is -2.36. The lowest BCUT2D eigenvalue weighted by Crippen LogP contribution is -2.75. The number of fused-ring (bicyclic) bond motifs is 7. The number of nitrogens with zero attached hydrogens (tertiary/aromatic N) is 1. The predicted molar refractivity (Wildman–Crippen MR) is 273 cm³/mol. The lowest BCUT2D eigenvalue weighted by molar-refractivity contribution is 0.479. The molecule has 0 fully saturated rings. The van der Waals surface area contributed by atoms with E-state index in [1.165, 1.54) is 48.1 Å². The molecule has 11 aromatic rings. The first-order chi connectivity index (χ1) is 32.2. The number of hydrogen-bond acceptors (Lipinski definition) is 2. The third kappa shape index (κ3) is 5.83. The van der Waals surface area contributed by atoms with Crippen LogP contribution in [0.15, 0.2) is 243 Å². The SMILES string of the molecule is c1ccc([Si](c2ccccc2)(c2ccccc2)c2ccccc2-c2ccc3c(c2)Oc2cccc4c2B3Oc2cc(-c3ccc(-n5c6ccccc6c6ccccc65)cc3)ccc2-4)cc1. The van der Waals surface area contributed by atoms with Gasteiger partial charge in [0.25, 0.3) is 0 Å². The Morgan fingerprint density at radius 2 is 0.908 bits per heavy atom. The number of para-hydroxylation sites is 2. The Hall–Kier alpha value is -8.12. The molecule has 0 saturated heterocycles. The fraction of sp³-hybridized carbons (Fsp3) is 0. The van der Waals surface area contributed by atoms with Crippen molar-refractivity contribution in [2.75, 3.05) is 0 Å². The van der Waals surface area contributed by atoms with Gasteiger partial charge in [-0.3, -0.25) is 0 Å². The van der Waals surface area contributed by atoms with Crippen LogP contribution in [-0.2, 0) is 0 Å². The second-order valence-electron chi connectivity index (χ2n) is 17.1. The Balaban J connectivity index is 0.892. The maximum absolute atomic E-state index is 7.13. The van der Waals surface area contributed by atoms with Crippen LogP contribution in [-0.4, -0.2) is 19.6 Å². The number of hydrogen-bond donors (Lipinski definition) is 0. The van der Waals surface area contributed by atoms with E-state index >= 15 is 0 Å². The highest BCUT2D eigenvalue weighted by Crippen LogP contribution is 2.42. The van der Waals surface area contributed by atoms with Gasteiger partial charge in [-0.1, -0.05) is 200 Å². The summed E-state index contributed by atoms with van der Waals surface area (Å²) in [6.07, 6.45) is 0. The molecule has 3 heterocycles. The molecule has 0 bridgehead atoms. The fourth-order valence-corrected chi connectivity index (χ4v) is 15.8. The Kier molecular flexibility index (Phi) is 8.65. The summed E-state index contributed by atoms with van der Waals surface area (Å²) < 4.78 is 16.4. The summed E-state index contributed by atoms with van der Waals surface area (Å²) in [7, 11) is -2.82. The van der Waals surface area contributed by atoms with E-state index in [0.29, 0.717) is 0 Å². The molecule has 3 nitrogen and oxygen atoms in total. The van der Waals surface area contributed by atoms with Gasteiger partial charge in [-0.25, -0.2) is 0 Å². The maximum Gasteiger partial charge on any atom is 0.434 e. The third-order valence-corrected chi connectivity index (χ3v) is 18.5. The van der Waals surface area contributed by atoms with Crippen molar-refractivity contribution in [1.82, 2.24) is 4.57 Å². The minimum absolute atomic E-state index is 0.318. The molecule has 0 N–H and O–H groups in total. The molecular weight excluding hydrogens is 806 g/mol. The average Bonchev–Trinajstić information content (AvgIpc) is 3.72. The molecule has 0 amide bonds. The molecule has 2 aliphatic rings. The number of ether oxygens (including phenoxy) is 1. The Labute approximate surface area is 379 Å². The molecule has 13 rings (SSSR count). The summed E-state index contributed by atoms with van der Waals surface area (Å²) in [5.74, 6) is 2.52. The Morgan fingerprint density at radius 1 is 0.369 bits per heavy atom. The summed E-state index contributed by atoms with van der Waals surface area (Å²) in [6, 6.07) is 88.3. The normalized spacial score (nSPS) is 12.5. The van der Waals surface area contributed by atoms with Gasteiger partial charge in [0.05, 0.1) is 11.0 Å². The van der Waals surface area contributed by atoms with Crippen LogP contribution >= 0.6 is 0 Å². The predicted octanol–water partition coefficient (Wildman–Crippen LogP) is 10.8. The van der Waals surface area contributed by atoms with Crippen LogP contribution in [0.4, 0.5) is 0 Å². The molecule has 0 unspecified atom stereocenters. The highest BCUT2D eigenvalue weighted by atomic mass is 28.3. The maximum atomic E-state index is 7.13. The summed E-state index contributed by atoms with van der Waals surface area (Å²) in [6.45, 7) is -0.318. The average molecular weight is 846 g/mol. The van der Waals surface area contributed by atoms with Gasteiger partial charge in [0.2, 0.25) is 0 Å². The van der Waals surface area contributed by atoms with E-state index in [0.717, 1.165) is 61.7 Å². The van der Waals surface area contributed by atoms with Gasteiger partial charge in [0.15, 0.2) is 8.07 Å². The Bertz CT molecular complexity index is 3460. The largest absolute Gasteiger partial charge is 0.551 e. The van der Waals surface area contributed by atoms with Crippen LogP contribution in [0.1, 0.15) is 0 Å². The first kappa shape index (κ1) is 37.4. The standard InChI is InChI=1S/C60H40BNO2Si/c1-4-17-45(18-5-1)65(46-19-6-2-7-20-46,47-21-8-3-9-22-47)59-30-15-12-23-48(59)43-34-38-53-58(40-43)63-56-29-16-26-52-51-37-33-42(39-57(51)64-61(53)60(52)56)41-31-35-44(36-32-41)62-54-27-13-10-24-49(54)50-25-11-14-28-55(50)62/h1-40H. The third-order valence-electron chi connectivity index (χ3n) is 13.7. The lowest BCUT2D eigenvalue weighted by atomic mass is 9.51. The van der Waals surface area contributed by atoms with Crippen molar-refractivity contribution in [2.24, 2.45) is 0 Å². The highest BCUT2D eigenvalue weighted by Gasteiger charge is 2.44. The van der Waals surface area contributed by atoms with Gasteiger partial charge in [-0.05, 0) is 91.0 Å². The van der Waals surface area contributed by atoms with Crippen molar-refractivity contribution in [3.8, 4) is 56.3 Å². The van der Waals surface area contributed by atoms with Crippen LogP contribution in [0, 0.1) is 0 Å². The first-order valence-corrected chi connectivity index (χ1v) is 24.4. The number of benzene rings is 10. The van der Waals surface area contributed by atoms with E-state index in [2.05, 4.69) is 247 Å². The van der Waals surface area contributed by atoms with Crippen molar-refractivity contribution < 1.29 is 9.39 Å². The zero-order valence-corrected chi connectivity index (χ0v) is 36.4. The minimum Gasteiger partial charge on any atom is -0.551 e. The van der Waals surface area contributed by atoms with Crippen LogP contribution in [0.5, 0.6) is 17.2 Å². The first-order valence-electron chi connectivity index (χ1n) is 22.4. The van der Waals surface area contributed by atoms with Crippen molar-refractivity contribution in [2.45, 2.75) is 0 Å². The molecule has 5 heteroatoms. The molecule has 0 radical (unpaired) electrons. The molecule has 0 atom stereocenters. The Morgan fingerprint density at radius 3 is 1.57 bits per heavy atom. The molecule has 2 aliphatic heterocycles. The topological polar surface area (TPSA) is 23.4 Å². The van der Waals surface area contributed by atoms with Crippen LogP contribution in [0.3, 0.4) is 0 Å². The van der Waals surface area contributed by atoms with Crippen molar-refractivity contribution in [1.29, 1.82) is 0 Å². The second-order valence-corrected chi connectivity index (χ2v) is 20.9. The monoisotopic (exact) mass is 845 g/mol. The zero-order valence-electron chi connectivity index (χ0n) is 35.4. The van der Waals surface area contributed by atoms with Crippen molar-refractivity contribution in [3.05, 3.63) is 243 Å². The molecule has 10 aromatic carbocycles. The van der Waals surface area contributed by atoms with Crippen molar-refractivity contribution in [3.63, 3.8) is 0 Å². The van der Waals surface area contributed by atoms with E-state index in [9.17, 15) is 0 Å². The van der Waals surface area contributed by atoms with Gasteiger partial charge >= 0.3 is 6.92 Å². The molecule has 0 aliphatic carbocycles. The van der Waals surface area contributed by atoms with E-state index in [-0.39, 0.29) is 6.92 Å². The van der Waals surface area contributed by atoms with Crippen molar-refractivity contribution >= 4 is 68.5 Å². The minimum atomic E-state index is -2.82. The molecule has 0 spiro atoms. The van der Waals surface area contributed by atoms with Crippen LogP contribution < -0.4 is 41.1 Å². The van der Waals surface area contributed by atoms with E-state index in [4.69, 9.17) is 9.39 Å². The number of aromatic nitrogens is 1. The molecule has 304 valence electrons. The van der Waals surface area contributed by atoms with Gasteiger partial charge in [-0.15, -0.1) is 0 Å². The summed E-state index contributed by atoms with van der Waals surface area (Å²) >= 11 is 0. The van der Waals surface area contributed by atoms with E-state index in [1.807, 2.05) is 0 Å². The highest BCUT2D eigenvalue weighted by molar-refractivity contribution is 7.20. The molecule has 65 heavy (non-hydrogen) atoms. The van der Waals surface area contributed by atoms with Gasteiger partial charge < -0.3 is 14.0 Å². The molecule has 1 aromatic heterocycles. The smallest absolute Gasteiger partial charge is 0.434 e.